The Morgan fingerprint density at radius 2 is 2.18 bits per heavy atom. The molecule has 5 heteroatoms. The van der Waals surface area contributed by atoms with E-state index in [0.717, 1.165) is 19.3 Å². The Morgan fingerprint density at radius 3 is 3.05 bits per heavy atom. The summed E-state index contributed by atoms with van der Waals surface area (Å²) in [5.41, 5.74) is 2.56. The van der Waals surface area contributed by atoms with Crippen LogP contribution in [0.3, 0.4) is 0 Å². The molecule has 2 aliphatic heterocycles. The van der Waals surface area contributed by atoms with Gasteiger partial charge in [0.25, 0.3) is 0 Å². The van der Waals surface area contributed by atoms with E-state index in [0.29, 0.717) is 12.2 Å². The van der Waals surface area contributed by atoms with E-state index in [1.165, 1.54) is 11.1 Å². The van der Waals surface area contributed by atoms with Gasteiger partial charge in [0.15, 0.2) is 0 Å². The van der Waals surface area contributed by atoms with E-state index in [9.17, 15) is 9.59 Å². The van der Waals surface area contributed by atoms with Crippen molar-refractivity contribution in [2.45, 2.75) is 49.6 Å². The maximum atomic E-state index is 12.7. The average molecular weight is 316 g/mol. The van der Waals surface area contributed by atoms with Crippen LogP contribution in [-0.4, -0.2) is 33.4 Å². The van der Waals surface area contributed by atoms with E-state index in [1.54, 1.807) is 11.8 Å². The topological polar surface area (TPSA) is 49.4 Å². The van der Waals surface area contributed by atoms with Crippen LogP contribution in [0.2, 0.25) is 0 Å². The molecule has 2 heterocycles. The Morgan fingerprint density at radius 1 is 1.36 bits per heavy atom. The summed E-state index contributed by atoms with van der Waals surface area (Å²) in [6, 6.07) is 8.09. The Kier molecular flexibility index (Phi) is 3.22. The minimum Gasteiger partial charge on any atom is -0.347 e. The highest BCUT2D eigenvalue weighted by Gasteiger charge is 2.53. The largest absolute Gasteiger partial charge is 0.347 e. The predicted octanol–water partition coefficient (Wildman–Crippen LogP) is 2.24. The molecular weight excluding hydrogens is 296 g/mol. The van der Waals surface area contributed by atoms with Gasteiger partial charge in [-0.1, -0.05) is 24.3 Å². The highest BCUT2D eigenvalue weighted by molar-refractivity contribution is 8.01. The van der Waals surface area contributed by atoms with Crippen LogP contribution in [0, 0.1) is 0 Å². The number of rotatable bonds is 2. The number of carbonyl (C=O) groups is 2. The second-order valence-electron chi connectivity index (χ2n) is 6.56. The third-order valence-electron chi connectivity index (χ3n) is 5.20. The van der Waals surface area contributed by atoms with Crippen LogP contribution in [0.1, 0.15) is 43.4 Å². The molecule has 0 aromatic heterocycles. The summed E-state index contributed by atoms with van der Waals surface area (Å²) < 4.78 is 0. The molecule has 0 radical (unpaired) electrons. The number of nitrogens with one attached hydrogen (secondary N) is 1. The maximum absolute atomic E-state index is 12.7. The van der Waals surface area contributed by atoms with Crippen LogP contribution in [0.4, 0.5) is 0 Å². The van der Waals surface area contributed by atoms with E-state index >= 15 is 0 Å². The normalized spacial score (nSPS) is 33.0. The number of amides is 2. The van der Waals surface area contributed by atoms with E-state index in [2.05, 4.69) is 24.4 Å². The van der Waals surface area contributed by atoms with Gasteiger partial charge in [-0.25, -0.2) is 0 Å². The van der Waals surface area contributed by atoms with Gasteiger partial charge in [0, 0.05) is 12.2 Å². The number of benzene rings is 1. The number of fused-ring (bicyclic) bond motifs is 2. The van der Waals surface area contributed by atoms with Crippen molar-refractivity contribution in [3.05, 3.63) is 35.4 Å². The standard InChI is InChI=1S/C17H20N2O2S/c1-17-9-8-15(20)19(17)14(10-22-17)16(21)18-13-7-6-11-4-2-3-5-12(11)13/h2-5,13-14H,6-10H2,1H3,(H,18,21). The zero-order valence-corrected chi connectivity index (χ0v) is 13.5. The van der Waals surface area contributed by atoms with Gasteiger partial charge in [0.2, 0.25) is 11.8 Å². The minimum absolute atomic E-state index is 0.00757. The van der Waals surface area contributed by atoms with Gasteiger partial charge in [-0.15, -0.1) is 11.8 Å². The molecule has 1 N–H and O–H groups in total. The zero-order chi connectivity index (χ0) is 15.3. The van der Waals surface area contributed by atoms with Gasteiger partial charge < -0.3 is 10.2 Å². The van der Waals surface area contributed by atoms with Crippen LogP contribution in [0.25, 0.3) is 0 Å². The summed E-state index contributed by atoms with van der Waals surface area (Å²) in [5.74, 6) is 0.843. The Labute approximate surface area is 134 Å². The lowest BCUT2D eigenvalue weighted by molar-refractivity contribution is -0.138. The van der Waals surface area contributed by atoms with Gasteiger partial charge in [0.1, 0.15) is 6.04 Å². The molecule has 3 unspecified atom stereocenters. The highest BCUT2D eigenvalue weighted by Crippen LogP contribution is 2.47. The second-order valence-corrected chi connectivity index (χ2v) is 8.07. The Balaban J connectivity index is 1.51. The first-order chi connectivity index (χ1) is 10.6. The lowest BCUT2D eigenvalue weighted by atomic mass is 10.1. The highest BCUT2D eigenvalue weighted by atomic mass is 32.2. The van der Waals surface area contributed by atoms with Crippen molar-refractivity contribution in [1.82, 2.24) is 10.2 Å². The quantitative estimate of drug-likeness (QED) is 0.910. The molecule has 4 nitrogen and oxygen atoms in total. The van der Waals surface area contributed by atoms with Crippen LogP contribution in [0.5, 0.6) is 0 Å². The van der Waals surface area contributed by atoms with Crippen LogP contribution < -0.4 is 5.32 Å². The maximum Gasteiger partial charge on any atom is 0.244 e. The third kappa shape index (κ3) is 2.06. The fourth-order valence-electron chi connectivity index (χ4n) is 3.99. The fraction of sp³-hybridized carbons (Fsp3) is 0.529. The molecule has 1 aliphatic carbocycles. The molecule has 116 valence electrons. The molecule has 22 heavy (non-hydrogen) atoms. The van der Waals surface area contributed by atoms with Crippen molar-refractivity contribution in [1.29, 1.82) is 0 Å². The monoisotopic (exact) mass is 316 g/mol. The molecule has 3 atom stereocenters. The number of nitrogens with zero attached hydrogens (tertiary/aromatic N) is 1. The molecule has 0 spiro atoms. The smallest absolute Gasteiger partial charge is 0.244 e. The second kappa shape index (κ2) is 5.01. The SMILES string of the molecule is CC12CCC(=O)N1C(C(=O)NC1CCc3ccccc31)CS2. The molecular formula is C17H20N2O2S. The summed E-state index contributed by atoms with van der Waals surface area (Å²) in [7, 11) is 0. The molecule has 0 bridgehead atoms. The van der Waals surface area contributed by atoms with Gasteiger partial charge in [-0.2, -0.15) is 0 Å². The van der Waals surface area contributed by atoms with Gasteiger partial charge in [-0.05, 0) is 37.3 Å². The van der Waals surface area contributed by atoms with Crippen molar-refractivity contribution in [3.63, 3.8) is 0 Å². The number of hydrogen-bond donors (Lipinski definition) is 1. The van der Waals surface area contributed by atoms with E-state index in [1.807, 2.05) is 17.0 Å². The number of hydrogen-bond acceptors (Lipinski definition) is 3. The van der Waals surface area contributed by atoms with Crippen molar-refractivity contribution in [2.75, 3.05) is 5.75 Å². The molecule has 4 rings (SSSR count). The average Bonchev–Trinajstić information content (AvgIpc) is 3.14. The number of carbonyl (C=O) groups excluding carboxylic acids is 2. The predicted molar refractivity (Wildman–Crippen MR) is 86.4 cm³/mol. The summed E-state index contributed by atoms with van der Waals surface area (Å²) in [4.78, 5) is 26.5. The van der Waals surface area contributed by atoms with Gasteiger partial charge >= 0.3 is 0 Å². The van der Waals surface area contributed by atoms with E-state index < -0.39 is 0 Å². The number of aryl methyl sites for hydroxylation is 1. The Bertz CT molecular complexity index is 647. The van der Waals surface area contributed by atoms with E-state index in [4.69, 9.17) is 0 Å². The van der Waals surface area contributed by atoms with Crippen molar-refractivity contribution in [2.24, 2.45) is 0 Å². The fourth-order valence-corrected chi connectivity index (χ4v) is 5.42. The third-order valence-corrected chi connectivity index (χ3v) is 6.70. The first-order valence-corrected chi connectivity index (χ1v) is 8.91. The molecule has 2 saturated heterocycles. The van der Waals surface area contributed by atoms with Crippen molar-refractivity contribution in [3.8, 4) is 0 Å². The van der Waals surface area contributed by atoms with Gasteiger partial charge in [-0.3, -0.25) is 9.59 Å². The summed E-state index contributed by atoms with van der Waals surface area (Å²) >= 11 is 1.74. The molecule has 3 aliphatic rings. The molecule has 2 fully saturated rings. The van der Waals surface area contributed by atoms with Crippen LogP contribution in [-0.2, 0) is 16.0 Å². The van der Waals surface area contributed by atoms with Crippen LogP contribution >= 0.6 is 11.8 Å². The first kappa shape index (κ1) is 14.1. The summed E-state index contributed by atoms with van der Waals surface area (Å²) in [6.45, 7) is 2.08. The molecule has 0 saturated carbocycles. The van der Waals surface area contributed by atoms with Crippen molar-refractivity contribution >= 4 is 23.6 Å². The summed E-state index contributed by atoms with van der Waals surface area (Å²) in [6.07, 6.45) is 3.39. The number of thioether (sulfide) groups is 1. The first-order valence-electron chi connectivity index (χ1n) is 7.93. The zero-order valence-electron chi connectivity index (χ0n) is 12.7. The van der Waals surface area contributed by atoms with E-state index in [-0.39, 0.29) is 28.8 Å². The summed E-state index contributed by atoms with van der Waals surface area (Å²) in [5, 5.41) is 3.18. The molecule has 2 amide bonds. The van der Waals surface area contributed by atoms with Crippen molar-refractivity contribution < 1.29 is 9.59 Å². The Hall–Kier alpha value is -1.49. The molecule has 1 aromatic carbocycles. The van der Waals surface area contributed by atoms with Gasteiger partial charge in [0.05, 0.1) is 10.9 Å². The lowest BCUT2D eigenvalue weighted by Gasteiger charge is -2.30. The minimum atomic E-state index is -0.308. The lowest BCUT2D eigenvalue weighted by Crippen LogP contribution is -2.50. The van der Waals surface area contributed by atoms with Crippen LogP contribution in [0.15, 0.2) is 24.3 Å². The molecule has 1 aromatic rings.